The van der Waals surface area contributed by atoms with Crippen LogP contribution in [0.4, 0.5) is 0 Å². The van der Waals surface area contributed by atoms with Gasteiger partial charge in [-0.2, -0.15) is 0 Å². The SMILES string of the molecule is Cc1nccn1CCCOC(=O)C(O)(c1ccccc1)C1CCCCCC1. The highest BCUT2D eigenvalue weighted by molar-refractivity contribution is 5.81. The Balaban J connectivity index is 1.68. The summed E-state index contributed by atoms with van der Waals surface area (Å²) in [5.41, 5.74) is -0.913. The lowest BCUT2D eigenvalue weighted by molar-refractivity contribution is -0.175. The monoisotopic (exact) mass is 370 g/mol. The summed E-state index contributed by atoms with van der Waals surface area (Å²) >= 11 is 0. The zero-order valence-electron chi connectivity index (χ0n) is 16.1. The van der Waals surface area contributed by atoms with E-state index >= 15 is 0 Å². The van der Waals surface area contributed by atoms with Gasteiger partial charge in [0.15, 0.2) is 5.60 Å². The van der Waals surface area contributed by atoms with Gasteiger partial charge in [-0.15, -0.1) is 0 Å². The molecule has 146 valence electrons. The van der Waals surface area contributed by atoms with E-state index in [0.29, 0.717) is 12.0 Å². The Morgan fingerprint density at radius 3 is 2.56 bits per heavy atom. The summed E-state index contributed by atoms with van der Waals surface area (Å²) < 4.78 is 7.60. The van der Waals surface area contributed by atoms with Crippen molar-refractivity contribution in [3.8, 4) is 0 Å². The molecule has 1 heterocycles. The van der Waals surface area contributed by atoms with Crippen LogP contribution >= 0.6 is 0 Å². The second kappa shape index (κ2) is 9.18. The van der Waals surface area contributed by atoms with Gasteiger partial charge in [0, 0.05) is 24.9 Å². The average molecular weight is 370 g/mol. The van der Waals surface area contributed by atoms with E-state index in [0.717, 1.165) is 38.1 Å². The molecule has 27 heavy (non-hydrogen) atoms. The number of aromatic nitrogens is 2. The molecule has 1 N–H and O–H groups in total. The van der Waals surface area contributed by atoms with Crippen LogP contribution in [-0.2, 0) is 21.7 Å². The maximum absolute atomic E-state index is 13.0. The van der Waals surface area contributed by atoms with Crippen molar-refractivity contribution in [1.82, 2.24) is 9.55 Å². The Morgan fingerprint density at radius 1 is 1.22 bits per heavy atom. The molecule has 3 rings (SSSR count). The van der Waals surface area contributed by atoms with Crippen molar-refractivity contribution in [1.29, 1.82) is 0 Å². The standard InChI is InChI=1S/C22H30N2O3/c1-18-23-14-16-24(18)15-9-17-27-21(25)22(26,20-12-7-4-8-13-20)19-10-5-2-3-6-11-19/h4,7-8,12-14,16,19,26H,2-3,5-6,9-11,15,17H2,1H3. The molecule has 5 nitrogen and oxygen atoms in total. The molecular formula is C22H30N2O3. The lowest BCUT2D eigenvalue weighted by Gasteiger charge is -2.34. The van der Waals surface area contributed by atoms with Crippen molar-refractivity contribution < 1.29 is 14.6 Å². The molecule has 1 fully saturated rings. The summed E-state index contributed by atoms with van der Waals surface area (Å²) in [6, 6.07) is 9.30. The van der Waals surface area contributed by atoms with Crippen molar-refractivity contribution in [2.24, 2.45) is 5.92 Å². The summed E-state index contributed by atoms with van der Waals surface area (Å²) in [6.07, 6.45) is 10.5. The van der Waals surface area contributed by atoms with Gasteiger partial charge in [0.1, 0.15) is 5.82 Å². The second-order valence-electron chi connectivity index (χ2n) is 7.48. The third-order valence-corrected chi connectivity index (χ3v) is 5.67. The molecule has 1 aliphatic carbocycles. The predicted molar refractivity (Wildman–Crippen MR) is 104 cm³/mol. The number of aryl methyl sites for hydroxylation is 2. The number of carbonyl (C=O) groups excluding carboxylic acids is 1. The van der Waals surface area contributed by atoms with Gasteiger partial charge in [0.05, 0.1) is 6.61 Å². The number of hydrogen-bond donors (Lipinski definition) is 1. The summed E-state index contributed by atoms with van der Waals surface area (Å²) in [7, 11) is 0. The number of imidazole rings is 1. The molecule has 0 amide bonds. The number of nitrogens with zero attached hydrogens (tertiary/aromatic N) is 2. The van der Waals surface area contributed by atoms with Gasteiger partial charge in [-0.25, -0.2) is 9.78 Å². The van der Waals surface area contributed by atoms with Crippen molar-refractivity contribution in [2.75, 3.05) is 6.61 Å². The van der Waals surface area contributed by atoms with E-state index in [1.165, 1.54) is 12.8 Å². The van der Waals surface area contributed by atoms with E-state index in [1.807, 2.05) is 48.0 Å². The molecule has 1 aliphatic rings. The molecular weight excluding hydrogens is 340 g/mol. The zero-order valence-corrected chi connectivity index (χ0v) is 16.1. The fourth-order valence-electron chi connectivity index (χ4n) is 4.06. The molecule has 1 aromatic heterocycles. The van der Waals surface area contributed by atoms with E-state index in [9.17, 15) is 9.90 Å². The third-order valence-electron chi connectivity index (χ3n) is 5.67. The fraction of sp³-hybridized carbons (Fsp3) is 0.545. The van der Waals surface area contributed by atoms with E-state index in [2.05, 4.69) is 4.98 Å². The summed E-state index contributed by atoms with van der Waals surface area (Å²) in [5, 5.41) is 11.5. The van der Waals surface area contributed by atoms with Gasteiger partial charge in [0.25, 0.3) is 0 Å². The molecule has 1 aromatic carbocycles. The maximum Gasteiger partial charge on any atom is 0.343 e. The molecule has 1 atom stereocenters. The largest absolute Gasteiger partial charge is 0.463 e. The van der Waals surface area contributed by atoms with Crippen LogP contribution < -0.4 is 0 Å². The van der Waals surface area contributed by atoms with E-state index in [1.54, 1.807) is 6.20 Å². The normalized spacial score (nSPS) is 17.9. The van der Waals surface area contributed by atoms with Crippen molar-refractivity contribution >= 4 is 5.97 Å². The highest BCUT2D eigenvalue weighted by Crippen LogP contribution is 2.39. The lowest BCUT2D eigenvalue weighted by atomic mass is 9.77. The Morgan fingerprint density at radius 2 is 1.93 bits per heavy atom. The topological polar surface area (TPSA) is 64.4 Å². The van der Waals surface area contributed by atoms with Crippen LogP contribution in [0.5, 0.6) is 0 Å². The number of aliphatic hydroxyl groups is 1. The van der Waals surface area contributed by atoms with E-state index < -0.39 is 11.6 Å². The molecule has 0 saturated heterocycles. The molecule has 0 aliphatic heterocycles. The molecule has 1 unspecified atom stereocenters. The van der Waals surface area contributed by atoms with Crippen LogP contribution in [0.15, 0.2) is 42.7 Å². The fourth-order valence-corrected chi connectivity index (χ4v) is 4.06. The molecule has 1 saturated carbocycles. The van der Waals surface area contributed by atoms with Gasteiger partial charge in [-0.1, -0.05) is 56.0 Å². The molecule has 0 bridgehead atoms. The first kappa shape index (κ1) is 19.6. The molecule has 5 heteroatoms. The Labute approximate surface area is 161 Å². The van der Waals surface area contributed by atoms with Crippen LogP contribution in [0.3, 0.4) is 0 Å². The van der Waals surface area contributed by atoms with Gasteiger partial charge in [-0.3, -0.25) is 0 Å². The first-order chi connectivity index (χ1) is 13.1. The highest BCUT2D eigenvalue weighted by Gasteiger charge is 2.46. The van der Waals surface area contributed by atoms with E-state index in [4.69, 9.17) is 4.74 Å². The second-order valence-corrected chi connectivity index (χ2v) is 7.48. The van der Waals surface area contributed by atoms with Gasteiger partial charge in [0.2, 0.25) is 0 Å². The first-order valence-electron chi connectivity index (χ1n) is 10.0. The van der Waals surface area contributed by atoms with Gasteiger partial charge in [-0.05, 0) is 31.7 Å². The van der Waals surface area contributed by atoms with E-state index in [-0.39, 0.29) is 12.5 Å². The van der Waals surface area contributed by atoms with Crippen LogP contribution in [0.25, 0.3) is 0 Å². The Kier molecular flexibility index (Phi) is 6.67. The Bertz CT molecular complexity index is 720. The lowest BCUT2D eigenvalue weighted by Crippen LogP contribution is -2.44. The van der Waals surface area contributed by atoms with Crippen molar-refractivity contribution in [2.45, 2.75) is 64.0 Å². The quantitative estimate of drug-likeness (QED) is 0.455. The van der Waals surface area contributed by atoms with Crippen molar-refractivity contribution in [3.63, 3.8) is 0 Å². The minimum atomic E-state index is -1.56. The number of rotatable bonds is 7. The number of hydrogen-bond acceptors (Lipinski definition) is 4. The molecule has 2 aromatic rings. The average Bonchev–Trinajstić information content (AvgIpc) is 2.93. The number of ether oxygens (including phenoxy) is 1. The summed E-state index contributed by atoms with van der Waals surface area (Å²) in [4.78, 5) is 17.2. The van der Waals surface area contributed by atoms with Crippen molar-refractivity contribution in [3.05, 3.63) is 54.1 Å². The van der Waals surface area contributed by atoms with Crippen LogP contribution in [0.1, 0.15) is 56.3 Å². The summed E-state index contributed by atoms with van der Waals surface area (Å²) in [6.45, 7) is 2.98. The van der Waals surface area contributed by atoms with Crippen LogP contribution in [0.2, 0.25) is 0 Å². The number of benzene rings is 1. The smallest absolute Gasteiger partial charge is 0.343 e. The zero-order chi connectivity index (χ0) is 19.1. The predicted octanol–water partition coefficient (Wildman–Crippen LogP) is 3.98. The summed E-state index contributed by atoms with van der Waals surface area (Å²) in [5.74, 6) is 0.342. The first-order valence-corrected chi connectivity index (χ1v) is 10.0. The van der Waals surface area contributed by atoms with Gasteiger partial charge >= 0.3 is 5.97 Å². The van der Waals surface area contributed by atoms with Crippen LogP contribution in [0, 0.1) is 12.8 Å². The minimum Gasteiger partial charge on any atom is -0.463 e. The highest BCUT2D eigenvalue weighted by atomic mass is 16.5. The molecule has 0 spiro atoms. The number of esters is 1. The third kappa shape index (κ3) is 4.59. The van der Waals surface area contributed by atoms with Gasteiger partial charge < -0.3 is 14.4 Å². The maximum atomic E-state index is 13.0. The van der Waals surface area contributed by atoms with Crippen LogP contribution in [-0.4, -0.2) is 27.2 Å². The minimum absolute atomic E-state index is 0.0919. The molecule has 0 radical (unpaired) electrons. The Hall–Kier alpha value is -2.14. The number of carbonyl (C=O) groups is 1.